The van der Waals surface area contributed by atoms with Gasteiger partial charge in [0.1, 0.15) is 5.76 Å². The van der Waals surface area contributed by atoms with Gasteiger partial charge in [-0.2, -0.15) is 4.98 Å². The molecule has 0 bridgehead atoms. The van der Waals surface area contributed by atoms with E-state index < -0.39 is 5.67 Å². The molecule has 0 spiro atoms. The van der Waals surface area contributed by atoms with Gasteiger partial charge in [0.2, 0.25) is 5.67 Å². The second kappa shape index (κ2) is 5.29. The van der Waals surface area contributed by atoms with Crippen LogP contribution in [0, 0.1) is 6.92 Å². The van der Waals surface area contributed by atoms with Gasteiger partial charge in [-0.3, -0.25) is 4.90 Å². The zero-order valence-corrected chi connectivity index (χ0v) is 12.7. The number of halogens is 2. The number of alkyl halides is 1. The fraction of sp³-hybridized carbons (Fsp3) is 0.538. The molecule has 2 aromatic rings. The van der Waals surface area contributed by atoms with Crippen LogP contribution in [0.25, 0.3) is 0 Å². The third-order valence-electron chi connectivity index (χ3n) is 3.44. The summed E-state index contributed by atoms with van der Waals surface area (Å²) in [6, 6.07) is 3.72. The number of aryl methyl sites for hydroxylation is 1. The molecule has 1 aliphatic heterocycles. The molecule has 3 rings (SSSR count). The van der Waals surface area contributed by atoms with Crippen LogP contribution in [0.4, 0.5) is 4.39 Å². The Morgan fingerprint density at radius 2 is 2.35 bits per heavy atom. The summed E-state index contributed by atoms with van der Waals surface area (Å²) in [7, 11) is 0. The van der Waals surface area contributed by atoms with Crippen LogP contribution < -0.4 is 0 Å². The maximum atomic E-state index is 15.0. The minimum atomic E-state index is -1.57. The lowest BCUT2D eigenvalue weighted by atomic mass is 9.94. The minimum Gasteiger partial charge on any atom is -0.453 e. The van der Waals surface area contributed by atoms with Gasteiger partial charge in [0.15, 0.2) is 10.5 Å². The van der Waals surface area contributed by atoms with E-state index in [9.17, 15) is 4.39 Å². The Labute approximate surface area is 124 Å². The van der Waals surface area contributed by atoms with Gasteiger partial charge in [-0.25, -0.2) is 4.39 Å². The van der Waals surface area contributed by atoms with Crippen LogP contribution in [0.1, 0.15) is 30.3 Å². The molecule has 0 N–H and O–H groups in total. The molecule has 1 atom stereocenters. The van der Waals surface area contributed by atoms with E-state index in [4.69, 9.17) is 8.94 Å². The lowest BCUT2D eigenvalue weighted by Gasteiger charge is -2.34. The SMILES string of the molecule is Cc1noc(C2(F)CCCN(Cc3ccc(Br)o3)C2)n1. The summed E-state index contributed by atoms with van der Waals surface area (Å²) < 4.78 is 26.2. The van der Waals surface area contributed by atoms with Gasteiger partial charge < -0.3 is 8.94 Å². The molecule has 3 heterocycles. The highest BCUT2D eigenvalue weighted by molar-refractivity contribution is 9.10. The van der Waals surface area contributed by atoms with Crippen LogP contribution in [0.15, 0.2) is 25.7 Å². The smallest absolute Gasteiger partial charge is 0.265 e. The number of rotatable bonds is 3. The molecule has 7 heteroatoms. The molecule has 0 radical (unpaired) electrons. The molecule has 0 aromatic carbocycles. The Morgan fingerprint density at radius 3 is 3.00 bits per heavy atom. The number of nitrogens with zero attached hydrogens (tertiary/aromatic N) is 3. The van der Waals surface area contributed by atoms with E-state index in [0.717, 1.165) is 18.7 Å². The number of aromatic nitrogens is 2. The predicted octanol–water partition coefficient (Wildman–Crippen LogP) is 3.19. The molecule has 2 aromatic heterocycles. The monoisotopic (exact) mass is 343 g/mol. The first-order chi connectivity index (χ1) is 9.55. The quantitative estimate of drug-likeness (QED) is 0.856. The van der Waals surface area contributed by atoms with Crippen LogP contribution in [-0.2, 0) is 12.2 Å². The summed E-state index contributed by atoms with van der Waals surface area (Å²) in [4.78, 5) is 6.05. The molecule has 108 valence electrons. The number of likely N-dealkylation sites (tertiary alicyclic amines) is 1. The second-order valence-corrected chi connectivity index (χ2v) is 5.91. The third-order valence-corrected chi connectivity index (χ3v) is 3.87. The van der Waals surface area contributed by atoms with E-state index in [1.54, 1.807) is 6.92 Å². The summed E-state index contributed by atoms with van der Waals surface area (Å²) in [5, 5.41) is 3.68. The van der Waals surface area contributed by atoms with Gasteiger partial charge in [-0.15, -0.1) is 0 Å². The zero-order valence-electron chi connectivity index (χ0n) is 11.1. The molecule has 5 nitrogen and oxygen atoms in total. The van der Waals surface area contributed by atoms with Crippen molar-refractivity contribution in [3.8, 4) is 0 Å². The highest BCUT2D eigenvalue weighted by Crippen LogP contribution is 2.35. The van der Waals surface area contributed by atoms with Crippen LogP contribution in [0.2, 0.25) is 0 Å². The Hall–Kier alpha value is -1.21. The fourth-order valence-corrected chi connectivity index (χ4v) is 2.88. The molecule has 20 heavy (non-hydrogen) atoms. The first-order valence-corrected chi connectivity index (χ1v) is 7.31. The highest BCUT2D eigenvalue weighted by Gasteiger charge is 2.42. The van der Waals surface area contributed by atoms with Crippen molar-refractivity contribution in [2.75, 3.05) is 13.1 Å². The standard InChI is InChI=1S/C13H15BrFN3O2/c1-9-16-12(20-17-9)13(15)5-2-6-18(8-13)7-10-3-4-11(14)19-10/h3-4H,2,5-8H2,1H3. The molecule has 0 amide bonds. The van der Waals surface area contributed by atoms with Crippen molar-refractivity contribution in [1.29, 1.82) is 0 Å². The van der Waals surface area contributed by atoms with E-state index in [1.807, 2.05) is 17.0 Å². The Balaban J connectivity index is 1.72. The predicted molar refractivity (Wildman–Crippen MR) is 72.7 cm³/mol. The van der Waals surface area contributed by atoms with Gasteiger partial charge >= 0.3 is 0 Å². The van der Waals surface area contributed by atoms with Crippen molar-refractivity contribution in [2.24, 2.45) is 0 Å². The maximum absolute atomic E-state index is 15.0. The first-order valence-electron chi connectivity index (χ1n) is 6.51. The highest BCUT2D eigenvalue weighted by atomic mass is 79.9. The van der Waals surface area contributed by atoms with Crippen molar-refractivity contribution in [2.45, 2.75) is 32.0 Å². The molecular weight excluding hydrogens is 329 g/mol. The summed E-state index contributed by atoms with van der Waals surface area (Å²) >= 11 is 3.27. The van der Waals surface area contributed by atoms with E-state index in [0.29, 0.717) is 23.5 Å². The molecule has 1 aliphatic rings. The average Bonchev–Trinajstić information content (AvgIpc) is 2.99. The summed E-state index contributed by atoms with van der Waals surface area (Å²) in [5.74, 6) is 1.35. The Kier molecular flexibility index (Phi) is 3.64. The average molecular weight is 344 g/mol. The van der Waals surface area contributed by atoms with Crippen molar-refractivity contribution >= 4 is 15.9 Å². The fourth-order valence-electron chi connectivity index (χ4n) is 2.54. The summed E-state index contributed by atoms with van der Waals surface area (Å²) in [6.45, 7) is 3.34. The van der Waals surface area contributed by atoms with E-state index >= 15 is 0 Å². The first kappa shape index (κ1) is 13.8. The van der Waals surface area contributed by atoms with E-state index in [1.165, 1.54) is 0 Å². The topological polar surface area (TPSA) is 55.3 Å². The second-order valence-electron chi connectivity index (χ2n) is 5.13. The number of furan rings is 1. The van der Waals surface area contributed by atoms with Gasteiger partial charge in [0.05, 0.1) is 6.54 Å². The van der Waals surface area contributed by atoms with E-state index in [2.05, 4.69) is 26.1 Å². The Morgan fingerprint density at radius 1 is 1.50 bits per heavy atom. The number of piperidine rings is 1. The van der Waals surface area contributed by atoms with Gasteiger partial charge in [0, 0.05) is 6.54 Å². The normalized spacial score (nSPS) is 24.1. The van der Waals surface area contributed by atoms with Crippen LogP contribution in [-0.4, -0.2) is 28.1 Å². The number of hydrogen-bond donors (Lipinski definition) is 0. The van der Waals surface area contributed by atoms with Crippen molar-refractivity contribution in [1.82, 2.24) is 15.0 Å². The molecule has 0 saturated carbocycles. The van der Waals surface area contributed by atoms with Crippen LogP contribution >= 0.6 is 15.9 Å². The largest absolute Gasteiger partial charge is 0.453 e. The molecule has 1 unspecified atom stereocenters. The summed E-state index contributed by atoms with van der Waals surface area (Å²) in [5.41, 5.74) is -1.57. The minimum absolute atomic E-state index is 0.0836. The van der Waals surface area contributed by atoms with Crippen molar-refractivity contribution in [3.05, 3.63) is 34.3 Å². The lowest BCUT2D eigenvalue weighted by Crippen LogP contribution is -2.43. The van der Waals surface area contributed by atoms with Gasteiger partial charge in [0.25, 0.3) is 5.89 Å². The van der Waals surface area contributed by atoms with Gasteiger partial charge in [-0.05, 0) is 54.4 Å². The van der Waals surface area contributed by atoms with Gasteiger partial charge in [-0.1, -0.05) is 5.16 Å². The Bertz CT molecular complexity index is 600. The van der Waals surface area contributed by atoms with Crippen LogP contribution in [0.5, 0.6) is 0 Å². The molecule has 0 aliphatic carbocycles. The van der Waals surface area contributed by atoms with Crippen LogP contribution in [0.3, 0.4) is 0 Å². The third kappa shape index (κ3) is 2.78. The maximum Gasteiger partial charge on any atom is 0.265 e. The van der Waals surface area contributed by atoms with Crippen molar-refractivity contribution in [3.63, 3.8) is 0 Å². The summed E-state index contributed by atoms with van der Waals surface area (Å²) in [6.07, 6.45) is 1.16. The van der Waals surface area contributed by atoms with E-state index in [-0.39, 0.29) is 12.4 Å². The zero-order chi connectivity index (χ0) is 14.2. The lowest BCUT2D eigenvalue weighted by molar-refractivity contribution is 0.00991. The molecule has 1 fully saturated rings. The molecular formula is C13H15BrFN3O2. The number of hydrogen-bond acceptors (Lipinski definition) is 5. The molecule has 1 saturated heterocycles. The van der Waals surface area contributed by atoms with Crippen molar-refractivity contribution < 1.29 is 13.3 Å².